The number of aromatic nitrogens is 1. The number of nitrogens with zero attached hydrogens (tertiary/aromatic N) is 2. The maximum atomic E-state index is 12.9. The number of carbonyl (C=O) groups excluding carboxylic acids is 2. The van der Waals surface area contributed by atoms with Gasteiger partial charge in [-0.15, -0.1) is 11.3 Å². The summed E-state index contributed by atoms with van der Waals surface area (Å²) in [7, 11) is 0. The molecule has 1 aromatic heterocycles. The quantitative estimate of drug-likeness (QED) is 0.846. The number of likely N-dealkylation sites (tertiary alicyclic amines) is 1. The summed E-state index contributed by atoms with van der Waals surface area (Å²) in [6, 6.07) is 9.19. The van der Waals surface area contributed by atoms with Gasteiger partial charge in [0.15, 0.2) is 0 Å². The van der Waals surface area contributed by atoms with Crippen LogP contribution in [0.3, 0.4) is 0 Å². The molecule has 136 valence electrons. The molecule has 0 radical (unpaired) electrons. The van der Waals surface area contributed by atoms with E-state index in [2.05, 4.69) is 10.3 Å². The Labute approximate surface area is 155 Å². The van der Waals surface area contributed by atoms with Crippen molar-refractivity contribution in [2.24, 2.45) is 5.41 Å². The number of hydrogen-bond donors (Lipinski definition) is 2. The summed E-state index contributed by atoms with van der Waals surface area (Å²) >= 11 is 1.33. The van der Waals surface area contributed by atoms with Gasteiger partial charge in [0.25, 0.3) is 5.91 Å². The molecule has 2 fully saturated rings. The number of hydrogen-bond acceptors (Lipinski definition) is 5. The molecule has 0 saturated carbocycles. The summed E-state index contributed by atoms with van der Waals surface area (Å²) in [5, 5.41) is 13.7. The summed E-state index contributed by atoms with van der Waals surface area (Å²) in [5.74, 6) is -0.0391. The number of rotatable bonds is 2. The lowest BCUT2D eigenvalue weighted by Gasteiger charge is -2.46. The smallest absolute Gasteiger partial charge is 0.265 e. The van der Waals surface area contributed by atoms with Crippen molar-refractivity contribution in [3.05, 3.63) is 52.5 Å². The zero-order valence-corrected chi connectivity index (χ0v) is 15.1. The molecule has 4 rings (SSSR count). The second-order valence-electron chi connectivity index (χ2n) is 7.07. The van der Waals surface area contributed by atoms with Crippen molar-refractivity contribution in [2.45, 2.75) is 31.4 Å². The van der Waals surface area contributed by atoms with Crippen LogP contribution in [0.1, 0.15) is 40.5 Å². The Kier molecular flexibility index (Phi) is 4.50. The van der Waals surface area contributed by atoms with Crippen LogP contribution in [0.5, 0.6) is 0 Å². The van der Waals surface area contributed by atoms with Gasteiger partial charge >= 0.3 is 0 Å². The largest absolute Gasteiger partial charge is 0.391 e. The van der Waals surface area contributed by atoms with Gasteiger partial charge in [-0.25, -0.2) is 0 Å². The van der Waals surface area contributed by atoms with Crippen LogP contribution in [0.25, 0.3) is 0 Å². The van der Waals surface area contributed by atoms with E-state index in [-0.39, 0.29) is 17.9 Å². The van der Waals surface area contributed by atoms with Gasteiger partial charge in [0.2, 0.25) is 5.91 Å². The first-order valence-corrected chi connectivity index (χ1v) is 9.69. The number of carbonyl (C=O) groups is 2. The Hall–Kier alpha value is -2.25. The van der Waals surface area contributed by atoms with Gasteiger partial charge < -0.3 is 15.3 Å². The lowest BCUT2D eigenvalue weighted by Crippen LogP contribution is -2.57. The van der Waals surface area contributed by atoms with E-state index in [1.807, 2.05) is 30.3 Å². The Morgan fingerprint density at radius 3 is 2.65 bits per heavy atom. The first-order chi connectivity index (χ1) is 12.6. The molecule has 0 unspecified atom stereocenters. The van der Waals surface area contributed by atoms with Crippen LogP contribution in [0.4, 0.5) is 0 Å². The predicted octanol–water partition coefficient (Wildman–Crippen LogP) is 1.99. The first-order valence-electron chi connectivity index (χ1n) is 8.81. The molecule has 2 saturated heterocycles. The van der Waals surface area contributed by atoms with E-state index in [1.165, 1.54) is 11.3 Å². The fourth-order valence-corrected chi connectivity index (χ4v) is 4.60. The minimum atomic E-state index is -0.626. The summed E-state index contributed by atoms with van der Waals surface area (Å²) in [6.45, 7) is 1.04. The molecule has 2 N–H and O–H groups in total. The van der Waals surface area contributed by atoms with Gasteiger partial charge in [0.1, 0.15) is 4.88 Å². The highest BCUT2D eigenvalue weighted by molar-refractivity contribution is 7.11. The van der Waals surface area contributed by atoms with Gasteiger partial charge in [0.05, 0.1) is 29.3 Å². The third-order valence-electron chi connectivity index (χ3n) is 5.56. The molecule has 2 atom stereocenters. The highest BCUT2D eigenvalue weighted by Crippen LogP contribution is 2.42. The van der Waals surface area contributed by atoms with Crippen LogP contribution in [0.15, 0.2) is 42.0 Å². The standard InChI is InChI=1S/C19H21N3O3S/c23-14-10-19(18(25)21-16(14)13-4-2-1-3-5-13)6-8-22(9-7-19)17(24)15-11-20-12-26-15/h1-5,11-12,14,16,23H,6-10H2,(H,21,25)/t14-,16+/m1/s1. The zero-order chi connectivity index (χ0) is 18.1. The van der Waals surface area contributed by atoms with Crippen LogP contribution in [0.2, 0.25) is 0 Å². The summed E-state index contributed by atoms with van der Waals surface area (Å²) in [5.41, 5.74) is 1.98. The van der Waals surface area contributed by atoms with Crippen molar-refractivity contribution in [3.8, 4) is 0 Å². The van der Waals surface area contributed by atoms with Crippen molar-refractivity contribution in [1.29, 1.82) is 0 Å². The Balaban J connectivity index is 1.44. The number of amides is 2. The lowest BCUT2D eigenvalue weighted by atomic mass is 9.69. The van der Waals surface area contributed by atoms with Gasteiger partial charge in [-0.05, 0) is 24.8 Å². The monoisotopic (exact) mass is 371 g/mol. The fraction of sp³-hybridized carbons (Fsp3) is 0.421. The number of benzene rings is 1. The topological polar surface area (TPSA) is 82.5 Å². The number of piperidine rings is 2. The number of thiazole rings is 1. The van der Waals surface area contributed by atoms with E-state index in [1.54, 1.807) is 16.6 Å². The molecule has 2 amide bonds. The molecule has 26 heavy (non-hydrogen) atoms. The second kappa shape index (κ2) is 6.81. The maximum absolute atomic E-state index is 12.9. The van der Waals surface area contributed by atoms with Crippen LogP contribution in [-0.4, -0.2) is 46.0 Å². The first kappa shape index (κ1) is 17.2. The van der Waals surface area contributed by atoms with Crippen LogP contribution < -0.4 is 5.32 Å². The number of aliphatic hydroxyl groups excluding tert-OH is 1. The van der Waals surface area contributed by atoms with Crippen molar-refractivity contribution >= 4 is 23.2 Å². The summed E-state index contributed by atoms with van der Waals surface area (Å²) in [4.78, 5) is 31.7. The van der Waals surface area contributed by atoms with Crippen molar-refractivity contribution in [3.63, 3.8) is 0 Å². The van der Waals surface area contributed by atoms with E-state index >= 15 is 0 Å². The Morgan fingerprint density at radius 2 is 2.00 bits per heavy atom. The third-order valence-corrected chi connectivity index (χ3v) is 6.32. The third kappa shape index (κ3) is 3.01. The van der Waals surface area contributed by atoms with Crippen molar-refractivity contribution in [2.75, 3.05) is 13.1 Å². The predicted molar refractivity (Wildman–Crippen MR) is 97.6 cm³/mol. The van der Waals surface area contributed by atoms with Crippen LogP contribution >= 0.6 is 11.3 Å². The van der Waals surface area contributed by atoms with Crippen molar-refractivity contribution in [1.82, 2.24) is 15.2 Å². The highest BCUT2D eigenvalue weighted by Gasteiger charge is 2.49. The molecule has 7 heteroatoms. The molecule has 3 heterocycles. The van der Waals surface area contributed by atoms with Gasteiger partial charge in [-0.1, -0.05) is 30.3 Å². The van der Waals surface area contributed by atoms with Crippen molar-refractivity contribution < 1.29 is 14.7 Å². The van der Waals surface area contributed by atoms with Gasteiger partial charge in [-0.2, -0.15) is 0 Å². The Morgan fingerprint density at radius 1 is 1.27 bits per heavy atom. The van der Waals surface area contributed by atoms with E-state index in [0.29, 0.717) is 37.2 Å². The van der Waals surface area contributed by atoms with E-state index in [4.69, 9.17) is 0 Å². The van der Waals surface area contributed by atoms with E-state index in [0.717, 1.165) is 5.56 Å². The van der Waals surface area contributed by atoms with E-state index < -0.39 is 11.5 Å². The summed E-state index contributed by atoms with van der Waals surface area (Å²) in [6.07, 6.45) is 2.53. The minimum absolute atomic E-state index is 0.0125. The molecular formula is C19H21N3O3S. The Bertz CT molecular complexity index is 786. The average molecular weight is 371 g/mol. The minimum Gasteiger partial charge on any atom is -0.391 e. The molecule has 2 aromatic rings. The molecule has 0 aliphatic carbocycles. The van der Waals surface area contributed by atoms with Crippen LogP contribution in [0, 0.1) is 5.41 Å². The highest BCUT2D eigenvalue weighted by atomic mass is 32.1. The van der Waals surface area contributed by atoms with Gasteiger partial charge in [0, 0.05) is 13.1 Å². The number of nitrogens with one attached hydrogen (secondary N) is 1. The molecule has 0 bridgehead atoms. The molecular weight excluding hydrogens is 350 g/mol. The normalized spacial score (nSPS) is 25.1. The molecule has 1 spiro atoms. The summed E-state index contributed by atoms with van der Waals surface area (Å²) < 4.78 is 0. The molecule has 2 aliphatic heterocycles. The lowest BCUT2D eigenvalue weighted by molar-refractivity contribution is -0.143. The van der Waals surface area contributed by atoms with E-state index in [9.17, 15) is 14.7 Å². The number of aliphatic hydroxyl groups is 1. The molecule has 1 aromatic carbocycles. The fourth-order valence-electron chi connectivity index (χ4n) is 4.01. The SMILES string of the molecule is O=C(c1cncs1)N1CCC2(CC1)C[C@@H](O)[C@H](c1ccccc1)NC2=O. The molecule has 6 nitrogen and oxygen atoms in total. The molecule has 2 aliphatic rings. The van der Waals surface area contributed by atoms with Gasteiger partial charge in [-0.3, -0.25) is 14.6 Å². The average Bonchev–Trinajstić information content (AvgIpc) is 3.20. The van der Waals surface area contributed by atoms with Crippen LogP contribution in [-0.2, 0) is 4.79 Å². The second-order valence-corrected chi connectivity index (χ2v) is 7.96. The zero-order valence-electron chi connectivity index (χ0n) is 14.3. The maximum Gasteiger partial charge on any atom is 0.265 e.